The number of amides is 1. The summed E-state index contributed by atoms with van der Waals surface area (Å²) >= 11 is 1.76. The third-order valence-corrected chi connectivity index (χ3v) is 4.02. The van der Waals surface area contributed by atoms with E-state index in [0.717, 1.165) is 18.6 Å². The second-order valence-electron chi connectivity index (χ2n) is 4.58. The predicted octanol–water partition coefficient (Wildman–Crippen LogP) is 1.16. The molecule has 1 amide bonds. The van der Waals surface area contributed by atoms with Gasteiger partial charge in [0.1, 0.15) is 5.41 Å². The summed E-state index contributed by atoms with van der Waals surface area (Å²) in [5.41, 5.74) is 4.86. The number of hydrogen-bond donors (Lipinski definition) is 3. The van der Waals surface area contributed by atoms with Crippen molar-refractivity contribution in [3.8, 4) is 0 Å². The summed E-state index contributed by atoms with van der Waals surface area (Å²) < 4.78 is 0. The van der Waals surface area contributed by atoms with E-state index in [1.165, 1.54) is 0 Å². The lowest BCUT2D eigenvalue weighted by atomic mass is 9.67. The molecule has 1 atom stereocenters. The van der Waals surface area contributed by atoms with Gasteiger partial charge in [-0.25, -0.2) is 0 Å². The Labute approximate surface area is 106 Å². The Kier molecular flexibility index (Phi) is 5.11. The third kappa shape index (κ3) is 3.06. The molecule has 0 bridgehead atoms. The summed E-state index contributed by atoms with van der Waals surface area (Å²) in [7, 11) is 0. The second-order valence-corrected chi connectivity index (χ2v) is 5.56. The molecule has 0 aromatic rings. The van der Waals surface area contributed by atoms with Gasteiger partial charge in [0, 0.05) is 6.04 Å². The van der Waals surface area contributed by atoms with Crippen molar-refractivity contribution >= 4 is 23.5 Å². The van der Waals surface area contributed by atoms with Crippen LogP contribution in [0.5, 0.6) is 0 Å². The molecule has 0 aromatic carbocycles. The number of amidine groups is 1. The lowest BCUT2D eigenvalue weighted by Gasteiger charge is -2.39. The van der Waals surface area contributed by atoms with Crippen LogP contribution in [-0.2, 0) is 4.79 Å². The van der Waals surface area contributed by atoms with Crippen LogP contribution in [0, 0.1) is 5.41 Å². The van der Waals surface area contributed by atoms with Crippen LogP contribution in [0.15, 0.2) is 5.16 Å². The minimum atomic E-state index is -0.762. The van der Waals surface area contributed by atoms with Crippen molar-refractivity contribution in [2.75, 3.05) is 12.0 Å². The Morgan fingerprint density at radius 1 is 1.65 bits per heavy atom. The predicted molar refractivity (Wildman–Crippen MR) is 70.3 cm³/mol. The SMILES string of the molecule is CSCCC(C)NC(=O)C1(C(N)=NO)CCC1. The van der Waals surface area contributed by atoms with E-state index in [1.807, 2.05) is 13.2 Å². The van der Waals surface area contributed by atoms with Crippen LogP contribution < -0.4 is 11.1 Å². The molecule has 4 N–H and O–H groups in total. The molecule has 0 spiro atoms. The summed E-state index contributed by atoms with van der Waals surface area (Å²) in [5, 5.41) is 14.7. The van der Waals surface area contributed by atoms with Crippen molar-refractivity contribution in [1.82, 2.24) is 5.32 Å². The monoisotopic (exact) mass is 259 g/mol. The van der Waals surface area contributed by atoms with E-state index >= 15 is 0 Å². The highest BCUT2D eigenvalue weighted by atomic mass is 32.2. The summed E-state index contributed by atoms with van der Waals surface area (Å²) in [5.74, 6) is 0.948. The van der Waals surface area contributed by atoms with Crippen LogP contribution in [0.3, 0.4) is 0 Å². The topological polar surface area (TPSA) is 87.7 Å². The fourth-order valence-electron chi connectivity index (χ4n) is 1.95. The van der Waals surface area contributed by atoms with Crippen molar-refractivity contribution in [3.05, 3.63) is 0 Å². The number of carbonyl (C=O) groups is 1. The van der Waals surface area contributed by atoms with Crippen molar-refractivity contribution in [1.29, 1.82) is 0 Å². The van der Waals surface area contributed by atoms with Crippen LogP contribution in [0.4, 0.5) is 0 Å². The quantitative estimate of drug-likeness (QED) is 0.289. The zero-order valence-corrected chi connectivity index (χ0v) is 11.2. The zero-order valence-electron chi connectivity index (χ0n) is 10.4. The zero-order chi connectivity index (χ0) is 12.9. The van der Waals surface area contributed by atoms with E-state index in [1.54, 1.807) is 11.8 Å². The van der Waals surface area contributed by atoms with Gasteiger partial charge in [0.05, 0.1) is 0 Å². The number of thioether (sulfide) groups is 1. The molecule has 1 aliphatic carbocycles. The second kappa shape index (κ2) is 6.14. The fourth-order valence-corrected chi connectivity index (χ4v) is 2.54. The first kappa shape index (κ1) is 14.2. The average Bonchev–Trinajstić information content (AvgIpc) is 2.24. The molecule has 1 rings (SSSR count). The van der Waals surface area contributed by atoms with E-state index in [4.69, 9.17) is 10.9 Å². The molecule has 1 aliphatic rings. The number of carbonyl (C=O) groups excluding carboxylic acids is 1. The number of rotatable bonds is 6. The molecule has 0 aliphatic heterocycles. The minimum absolute atomic E-state index is 0.0401. The Bertz CT molecular complexity index is 303. The van der Waals surface area contributed by atoms with Crippen molar-refractivity contribution in [2.24, 2.45) is 16.3 Å². The van der Waals surface area contributed by atoms with Gasteiger partial charge in [-0.2, -0.15) is 11.8 Å². The third-order valence-electron chi connectivity index (χ3n) is 3.37. The summed E-state index contributed by atoms with van der Waals surface area (Å²) in [6.45, 7) is 1.98. The van der Waals surface area contributed by atoms with E-state index < -0.39 is 5.41 Å². The highest BCUT2D eigenvalue weighted by Crippen LogP contribution is 2.41. The highest BCUT2D eigenvalue weighted by molar-refractivity contribution is 7.98. The van der Waals surface area contributed by atoms with Gasteiger partial charge in [-0.1, -0.05) is 11.6 Å². The van der Waals surface area contributed by atoms with Gasteiger partial charge in [0.15, 0.2) is 5.84 Å². The Hall–Kier alpha value is -0.910. The van der Waals surface area contributed by atoms with Crippen LogP contribution in [0.2, 0.25) is 0 Å². The molecule has 5 nitrogen and oxygen atoms in total. The maximum atomic E-state index is 12.1. The van der Waals surface area contributed by atoms with Gasteiger partial charge >= 0.3 is 0 Å². The standard InChI is InChI=1S/C11H21N3O2S/c1-8(4-7-17-2)13-10(15)11(5-3-6-11)9(12)14-16/h8,16H,3-7H2,1-2H3,(H2,12,14)(H,13,15). The van der Waals surface area contributed by atoms with E-state index in [0.29, 0.717) is 12.8 Å². The molecule has 0 saturated heterocycles. The number of nitrogens with zero attached hydrogens (tertiary/aromatic N) is 1. The molecule has 1 saturated carbocycles. The Balaban J connectivity index is 2.56. The molecule has 98 valence electrons. The number of nitrogens with two attached hydrogens (primary N) is 1. The van der Waals surface area contributed by atoms with Gasteiger partial charge in [-0.15, -0.1) is 0 Å². The summed E-state index contributed by atoms with van der Waals surface area (Å²) in [6.07, 6.45) is 5.26. The maximum absolute atomic E-state index is 12.1. The molecule has 6 heteroatoms. The van der Waals surface area contributed by atoms with Gasteiger partial charge in [0.2, 0.25) is 5.91 Å². The first-order chi connectivity index (χ1) is 8.06. The lowest BCUT2D eigenvalue weighted by molar-refractivity contribution is -0.131. The van der Waals surface area contributed by atoms with Gasteiger partial charge in [0.25, 0.3) is 0 Å². The number of nitrogens with one attached hydrogen (secondary N) is 1. The fraction of sp³-hybridized carbons (Fsp3) is 0.818. The van der Waals surface area contributed by atoms with Gasteiger partial charge in [-0.3, -0.25) is 4.79 Å². The molecule has 0 heterocycles. The van der Waals surface area contributed by atoms with Crippen molar-refractivity contribution < 1.29 is 10.0 Å². The van der Waals surface area contributed by atoms with Crippen LogP contribution in [0.1, 0.15) is 32.6 Å². The van der Waals surface area contributed by atoms with E-state index in [-0.39, 0.29) is 17.8 Å². The minimum Gasteiger partial charge on any atom is -0.409 e. The molecule has 0 radical (unpaired) electrons. The van der Waals surface area contributed by atoms with Gasteiger partial charge < -0.3 is 16.3 Å². The van der Waals surface area contributed by atoms with E-state index in [2.05, 4.69) is 10.5 Å². The van der Waals surface area contributed by atoms with Crippen LogP contribution >= 0.6 is 11.8 Å². The van der Waals surface area contributed by atoms with Crippen molar-refractivity contribution in [3.63, 3.8) is 0 Å². The molecule has 17 heavy (non-hydrogen) atoms. The number of hydrogen-bond acceptors (Lipinski definition) is 4. The summed E-state index contributed by atoms with van der Waals surface area (Å²) in [6, 6.07) is 0.124. The van der Waals surface area contributed by atoms with Crippen LogP contribution in [-0.4, -0.2) is 35.0 Å². The highest BCUT2D eigenvalue weighted by Gasteiger charge is 2.48. The first-order valence-corrected chi connectivity index (χ1v) is 7.24. The molecular formula is C11H21N3O2S. The van der Waals surface area contributed by atoms with Crippen LogP contribution in [0.25, 0.3) is 0 Å². The first-order valence-electron chi connectivity index (χ1n) is 5.84. The van der Waals surface area contributed by atoms with E-state index in [9.17, 15) is 4.79 Å². The largest absolute Gasteiger partial charge is 0.409 e. The maximum Gasteiger partial charge on any atom is 0.234 e. The Morgan fingerprint density at radius 3 is 2.71 bits per heavy atom. The molecule has 1 fully saturated rings. The normalized spacial score (nSPS) is 20.5. The molecule has 1 unspecified atom stereocenters. The Morgan fingerprint density at radius 2 is 2.29 bits per heavy atom. The molecular weight excluding hydrogens is 238 g/mol. The smallest absolute Gasteiger partial charge is 0.234 e. The summed E-state index contributed by atoms with van der Waals surface area (Å²) in [4.78, 5) is 12.1. The molecule has 0 aromatic heterocycles. The lowest BCUT2D eigenvalue weighted by Crippen LogP contribution is -2.55. The number of oxime groups is 1. The van der Waals surface area contributed by atoms with Gasteiger partial charge in [-0.05, 0) is 38.2 Å². The van der Waals surface area contributed by atoms with Crippen molar-refractivity contribution in [2.45, 2.75) is 38.6 Å². The average molecular weight is 259 g/mol.